The first-order valence-electron chi connectivity index (χ1n) is 9.01. The predicted molar refractivity (Wildman–Crippen MR) is 105 cm³/mol. The van der Waals surface area contributed by atoms with E-state index in [2.05, 4.69) is 76.3 Å². The van der Waals surface area contributed by atoms with Crippen LogP contribution in [0.3, 0.4) is 0 Å². The topological polar surface area (TPSA) is 48.1 Å². The maximum absolute atomic E-state index is 12.7. The highest BCUT2D eigenvalue weighted by atomic mass is 79.9. The van der Waals surface area contributed by atoms with Gasteiger partial charge in [0.05, 0.1) is 10.5 Å². The summed E-state index contributed by atoms with van der Waals surface area (Å²) in [4.78, 5) is 18.5. The van der Waals surface area contributed by atoms with Gasteiger partial charge in [0, 0.05) is 29.5 Å². The van der Waals surface area contributed by atoms with Crippen LogP contribution in [0.4, 0.5) is 0 Å². The summed E-state index contributed by atoms with van der Waals surface area (Å²) in [7, 11) is 2.13. The highest BCUT2D eigenvalue weighted by molar-refractivity contribution is 9.10. The number of hydrogen-bond acceptors (Lipinski definition) is 2. The molecule has 1 aromatic carbocycles. The van der Waals surface area contributed by atoms with E-state index in [-0.39, 0.29) is 17.9 Å². The molecule has 0 radical (unpaired) electrons. The van der Waals surface area contributed by atoms with E-state index in [4.69, 9.17) is 0 Å². The molecule has 0 fully saturated rings. The molecule has 1 amide bonds. The molecule has 2 aromatic rings. The average molecular weight is 402 g/mol. The number of carbonyl (C=O) groups is 1. The van der Waals surface area contributed by atoms with Gasteiger partial charge in [-0.15, -0.1) is 0 Å². The fraction of sp³-hybridized carbons (Fsp3) is 0.450. The van der Waals surface area contributed by atoms with E-state index in [1.165, 1.54) is 22.1 Å². The largest absolute Gasteiger partial charge is 0.353 e. The minimum atomic E-state index is -0.0931. The van der Waals surface area contributed by atoms with E-state index in [9.17, 15) is 4.79 Å². The van der Waals surface area contributed by atoms with Crippen LogP contribution in [0.15, 0.2) is 28.9 Å². The first kappa shape index (κ1) is 16.9. The number of nitrogens with zero attached hydrogens (tertiary/aromatic N) is 1. The minimum Gasteiger partial charge on any atom is -0.353 e. The number of amides is 1. The zero-order valence-corrected chi connectivity index (χ0v) is 16.5. The molecule has 2 aliphatic rings. The number of likely N-dealkylation sites (N-methyl/N-ethyl adjacent to an activating group) is 1. The SMILES string of the molecule is CCC(C)NC(=O)[C@@H]1C=C2c3cccc4[nH]c(Br)c(c34)C[C@H]2N(C)C1. The first-order chi connectivity index (χ1) is 12.0. The molecule has 4 nitrogen and oxygen atoms in total. The minimum absolute atomic E-state index is 0.0931. The van der Waals surface area contributed by atoms with Gasteiger partial charge < -0.3 is 10.3 Å². The van der Waals surface area contributed by atoms with Crippen molar-refractivity contribution in [3.63, 3.8) is 0 Å². The van der Waals surface area contributed by atoms with Crippen molar-refractivity contribution in [3.05, 3.63) is 40.0 Å². The molecule has 3 atom stereocenters. The second-order valence-electron chi connectivity index (χ2n) is 7.35. The molecule has 2 N–H and O–H groups in total. The molecule has 1 aliphatic heterocycles. The molecule has 0 bridgehead atoms. The van der Waals surface area contributed by atoms with E-state index < -0.39 is 0 Å². The smallest absolute Gasteiger partial charge is 0.228 e. The Labute approximate surface area is 156 Å². The van der Waals surface area contributed by atoms with Crippen molar-refractivity contribution in [1.29, 1.82) is 0 Å². The summed E-state index contributed by atoms with van der Waals surface area (Å²) in [6, 6.07) is 6.95. The summed E-state index contributed by atoms with van der Waals surface area (Å²) in [6.45, 7) is 4.93. The third kappa shape index (κ3) is 2.74. The Morgan fingerprint density at radius 2 is 2.28 bits per heavy atom. The zero-order chi connectivity index (χ0) is 17.7. The van der Waals surface area contributed by atoms with Crippen LogP contribution >= 0.6 is 15.9 Å². The number of nitrogens with one attached hydrogen (secondary N) is 2. The van der Waals surface area contributed by atoms with Gasteiger partial charge in [0.1, 0.15) is 0 Å². The van der Waals surface area contributed by atoms with E-state index in [0.717, 1.165) is 29.5 Å². The Morgan fingerprint density at radius 3 is 3.04 bits per heavy atom. The molecule has 1 aromatic heterocycles. The number of halogens is 1. The van der Waals surface area contributed by atoms with Crippen LogP contribution < -0.4 is 5.32 Å². The maximum Gasteiger partial charge on any atom is 0.228 e. The van der Waals surface area contributed by atoms with Crippen molar-refractivity contribution in [2.75, 3.05) is 13.6 Å². The van der Waals surface area contributed by atoms with Crippen molar-refractivity contribution >= 4 is 38.3 Å². The third-order valence-electron chi connectivity index (χ3n) is 5.68. The summed E-state index contributed by atoms with van der Waals surface area (Å²) in [6.07, 6.45) is 4.13. The quantitative estimate of drug-likeness (QED) is 0.822. The Bertz CT molecular complexity index is 869. The Balaban J connectivity index is 1.78. The van der Waals surface area contributed by atoms with Gasteiger partial charge in [-0.2, -0.15) is 0 Å². The lowest BCUT2D eigenvalue weighted by Gasteiger charge is -2.39. The predicted octanol–water partition coefficient (Wildman–Crippen LogP) is 3.71. The molecule has 2 heterocycles. The van der Waals surface area contributed by atoms with Gasteiger partial charge in [0.25, 0.3) is 0 Å². The zero-order valence-electron chi connectivity index (χ0n) is 14.9. The average Bonchev–Trinajstić information content (AvgIpc) is 2.92. The van der Waals surface area contributed by atoms with E-state index in [1.54, 1.807) is 0 Å². The first-order valence-corrected chi connectivity index (χ1v) is 9.80. The highest BCUT2D eigenvalue weighted by Crippen LogP contribution is 2.43. The number of aromatic amines is 1. The van der Waals surface area contributed by atoms with Crippen molar-refractivity contribution in [2.24, 2.45) is 5.92 Å². The molecule has 1 unspecified atom stereocenters. The van der Waals surface area contributed by atoms with Crippen LogP contribution in [0.2, 0.25) is 0 Å². The molecule has 5 heteroatoms. The van der Waals surface area contributed by atoms with Crippen LogP contribution in [-0.4, -0.2) is 41.5 Å². The van der Waals surface area contributed by atoms with Crippen LogP contribution in [0.25, 0.3) is 16.5 Å². The summed E-state index contributed by atoms with van der Waals surface area (Å²) < 4.78 is 1.08. The number of carbonyl (C=O) groups excluding carboxylic acids is 1. The second kappa shape index (κ2) is 6.29. The second-order valence-corrected chi connectivity index (χ2v) is 8.14. The molecule has 4 rings (SSSR count). The van der Waals surface area contributed by atoms with Crippen molar-refractivity contribution < 1.29 is 4.79 Å². The number of hydrogen-bond donors (Lipinski definition) is 2. The molecule has 0 saturated carbocycles. The van der Waals surface area contributed by atoms with Gasteiger partial charge in [-0.3, -0.25) is 9.69 Å². The summed E-state index contributed by atoms with van der Waals surface area (Å²) in [5.74, 6) is 0.0461. The van der Waals surface area contributed by atoms with E-state index in [1.807, 2.05) is 0 Å². The van der Waals surface area contributed by atoms with Gasteiger partial charge in [-0.25, -0.2) is 0 Å². The van der Waals surface area contributed by atoms with Crippen LogP contribution in [0, 0.1) is 5.92 Å². The van der Waals surface area contributed by atoms with E-state index in [0.29, 0.717) is 6.04 Å². The van der Waals surface area contributed by atoms with Crippen LogP contribution in [-0.2, 0) is 11.2 Å². The van der Waals surface area contributed by atoms with Gasteiger partial charge in [-0.05, 0) is 65.5 Å². The lowest BCUT2D eigenvalue weighted by atomic mass is 9.79. The Morgan fingerprint density at radius 1 is 1.48 bits per heavy atom. The summed E-state index contributed by atoms with van der Waals surface area (Å²) in [5.41, 5.74) is 5.07. The summed E-state index contributed by atoms with van der Waals surface area (Å²) >= 11 is 3.69. The fourth-order valence-electron chi connectivity index (χ4n) is 4.11. The monoisotopic (exact) mass is 401 g/mol. The number of rotatable bonds is 3. The van der Waals surface area contributed by atoms with Gasteiger partial charge in [0.15, 0.2) is 0 Å². The van der Waals surface area contributed by atoms with Gasteiger partial charge in [0.2, 0.25) is 5.91 Å². The van der Waals surface area contributed by atoms with Gasteiger partial charge >= 0.3 is 0 Å². The maximum atomic E-state index is 12.7. The lowest BCUT2D eigenvalue weighted by Crippen LogP contribution is -2.47. The molecular weight excluding hydrogens is 378 g/mol. The Hall–Kier alpha value is -1.59. The molecule has 1 aliphatic carbocycles. The molecule has 25 heavy (non-hydrogen) atoms. The van der Waals surface area contributed by atoms with Crippen molar-refractivity contribution in [3.8, 4) is 0 Å². The number of H-pyrrole nitrogens is 1. The van der Waals surface area contributed by atoms with Crippen molar-refractivity contribution in [2.45, 2.75) is 38.8 Å². The third-order valence-corrected chi connectivity index (χ3v) is 6.36. The highest BCUT2D eigenvalue weighted by Gasteiger charge is 2.36. The molecule has 0 saturated heterocycles. The number of benzene rings is 1. The standard InChI is InChI=1S/C20H24BrN3O/c1-4-11(2)22-20(25)12-8-14-13-6-5-7-16-18(13)15(19(21)23-16)9-17(14)24(3)10-12/h5-8,11-12,17,23H,4,9-10H2,1-3H3,(H,22,25)/t11?,12-,17-/m1/s1. The van der Waals surface area contributed by atoms with Crippen LogP contribution in [0.5, 0.6) is 0 Å². The summed E-state index contributed by atoms with van der Waals surface area (Å²) in [5, 5.41) is 4.44. The molecular formula is C20H24BrN3O. The molecule has 0 spiro atoms. The van der Waals surface area contributed by atoms with Gasteiger partial charge in [-0.1, -0.05) is 25.1 Å². The number of fused-ring (bicyclic) bond motifs is 2. The van der Waals surface area contributed by atoms with Crippen LogP contribution in [0.1, 0.15) is 31.4 Å². The Kier molecular flexibility index (Phi) is 4.24. The lowest BCUT2D eigenvalue weighted by molar-refractivity contribution is -0.124. The van der Waals surface area contributed by atoms with Crippen molar-refractivity contribution in [1.82, 2.24) is 15.2 Å². The fourth-order valence-corrected chi connectivity index (χ4v) is 4.69. The number of aromatic nitrogens is 1. The normalized spacial score (nSPS) is 23.9. The van der Waals surface area contributed by atoms with E-state index >= 15 is 0 Å². The molecule has 132 valence electrons.